The van der Waals surface area contributed by atoms with E-state index in [0.717, 1.165) is 11.3 Å². The molecule has 1 fully saturated rings. The van der Waals surface area contributed by atoms with Crippen molar-refractivity contribution in [3.63, 3.8) is 0 Å². The standard InChI is InChI=1S/C12H16ClN5S/c1-19-8-5-3-2-4-7(8)16-11-9-10(15-6-14-9)17-12(13)18-11/h6-8H,2-5H2,1H3,(H2,14,15,16,17,18). The first kappa shape index (κ1) is 13.0. The van der Waals surface area contributed by atoms with Gasteiger partial charge in [-0.05, 0) is 30.7 Å². The number of imidazole rings is 1. The van der Waals surface area contributed by atoms with Crippen molar-refractivity contribution in [1.29, 1.82) is 0 Å². The van der Waals surface area contributed by atoms with Gasteiger partial charge in [0.15, 0.2) is 11.5 Å². The molecule has 19 heavy (non-hydrogen) atoms. The predicted octanol–water partition coefficient (Wildman–Crippen LogP) is 3.09. The molecule has 1 aliphatic carbocycles. The SMILES string of the molecule is CSC1CCCCC1Nc1nc(Cl)nc2nc[nH]c12. The van der Waals surface area contributed by atoms with E-state index in [9.17, 15) is 0 Å². The molecule has 0 aliphatic heterocycles. The van der Waals surface area contributed by atoms with Crippen LogP contribution >= 0.6 is 23.4 Å². The molecule has 0 spiro atoms. The molecule has 0 aromatic carbocycles. The number of hydrogen-bond acceptors (Lipinski definition) is 5. The lowest BCUT2D eigenvalue weighted by atomic mass is 9.95. The van der Waals surface area contributed by atoms with Gasteiger partial charge in [0.05, 0.1) is 6.33 Å². The van der Waals surface area contributed by atoms with Gasteiger partial charge in [-0.3, -0.25) is 0 Å². The van der Waals surface area contributed by atoms with Gasteiger partial charge in [0.1, 0.15) is 5.52 Å². The van der Waals surface area contributed by atoms with Crippen LogP contribution in [-0.4, -0.2) is 37.5 Å². The highest BCUT2D eigenvalue weighted by molar-refractivity contribution is 7.99. The summed E-state index contributed by atoms with van der Waals surface area (Å²) in [4.78, 5) is 15.6. The molecule has 7 heteroatoms. The van der Waals surface area contributed by atoms with E-state index >= 15 is 0 Å². The number of thioether (sulfide) groups is 1. The number of halogens is 1. The molecule has 2 aromatic heterocycles. The predicted molar refractivity (Wildman–Crippen MR) is 79.9 cm³/mol. The second-order valence-electron chi connectivity index (χ2n) is 4.75. The average Bonchev–Trinajstić information content (AvgIpc) is 2.87. The van der Waals surface area contributed by atoms with Crippen molar-refractivity contribution < 1.29 is 0 Å². The maximum atomic E-state index is 5.95. The van der Waals surface area contributed by atoms with Crippen LogP contribution in [0.4, 0.5) is 5.82 Å². The Labute approximate surface area is 121 Å². The van der Waals surface area contributed by atoms with E-state index in [0.29, 0.717) is 16.9 Å². The Bertz CT molecular complexity index is 572. The number of aromatic nitrogens is 4. The van der Waals surface area contributed by atoms with Crippen molar-refractivity contribution >= 4 is 40.3 Å². The lowest BCUT2D eigenvalue weighted by molar-refractivity contribution is 0.474. The van der Waals surface area contributed by atoms with Crippen molar-refractivity contribution in [2.75, 3.05) is 11.6 Å². The summed E-state index contributed by atoms with van der Waals surface area (Å²) >= 11 is 7.87. The molecular weight excluding hydrogens is 282 g/mol. The Morgan fingerprint density at radius 2 is 2.21 bits per heavy atom. The van der Waals surface area contributed by atoms with Gasteiger partial charge in [-0.25, -0.2) is 4.98 Å². The van der Waals surface area contributed by atoms with Crippen molar-refractivity contribution in [3.05, 3.63) is 11.6 Å². The Morgan fingerprint density at radius 3 is 3.05 bits per heavy atom. The Balaban J connectivity index is 1.89. The maximum absolute atomic E-state index is 5.95. The third-order valence-corrected chi connectivity index (χ3v) is 4.92. The minimum Gasteiger partial charge on any atom is -0.364 e. The number of hydrogen-bond donors (Lipinski definition) is 2. The molecule has 0 bridgehead atoms. The molecule has 5 nitrogen and oxygen atoms in total. The fraction of sp³-hybridized carbons (Fsp3) is 0.583. The second-order valence-corrected chi connectivity index (χ2v) is 6.17. The van der Waals surface area contributed by atoms with E-state index < -0.39 is 0 Å². The van der Waals surface area contributed by atoms with Gasteiger partial charge < -0.3 is 10.3 Å². The average molecular weight is 298 g/mol. The quantitative estimate of drug-likeness (QED) is 0.852. The van der Waals surface area contributed by atoms with Crippen LogP contribution in [0, 0.1) is 0 Å². The number of fused-ring (bicyclic) bond motifs is 1. The zero-order valence-corrected chi connectivity index (χ0v) is 12.3. The largest absolute Gasteiger partial charge is 0.364 e. The van der Waals surface area contributed by atoms with Crippen LogP contribution in [0.25, 0.3) is 11.2 Å². The topological polar surface area (TPSA) is 66.5 Å². The second kappa shape index (κ2) is 5.54. The first-order valence-corrected chi connectivity index (χ1v) is 8.10. The summed E-state index contributed by atoms with van der Waals surface area (Å²) in [5.41, 5.74) is 1.44. The molecule has 0 radical (unpaired) electrons. The van der Waals surface area contributed by atoms with E-state index in [-0.39, 0.29) is 5.28 Å². The molecule has 2 unspecified atom stereocenters. The van der Waals surface area contributed by atoms with E-state index in [1.54, 1.807) is 6.33 Å². The van der Waals surface area contributed by atoms with Gasteiger partial charge in [-0.1, -0.05) is 12.8 Å². The molecule has 102 valence electrons. The third kappa shape index (κ3) is 2.65. The number of aromatic amines is 1. The summed E-state index contributed by atoms with van der Waals surface area (Å²) in [6.07, 6.45) is 8.79. The number of H-pyrrole nitrogens is 1. The molecule has 3 rings (SSSR count). The molecule has 2 atom stereocenters. The highest BCUT2D eigenvalue weighted by atomic mass is 35.5. The number of rotatable bonds is 3. The van der Waals surface area contributed by atoms with Crippen molar-refractivity contribution in [1.82, 2.24) is 19.9 Å². The fourth-order valence-corrected chi connectivity index (χ4v) is 3.73. The van der Waals surface area contributed by atoms with Gasteiger partial charge in [-0.2, -0.15) is 21.7 Å². The Hall–Kier alpha value is -1.01. The van der Waals surface area contributed by atoms with Gasteiger partial charge in [0, 0.05) is 11.3 Å². The number of nitrogens with one attached hydrogen (secondary N) is 2. The summed E-state index contributed by atoms with van der Waals surface area (Å²) in [7, 11) is 0. The summed E-state index contributed by atoms with van der Waals surface area (Å²) in [6.45, 7) is 0. The first-order valence-electron chi connectivity index (χ1n) is 6.44. The Morgan fingerprint density at radius 1 is 1.37 bits per heavy atom. The summed E-state index contributed by atoms with van der Waals surface area (Å²) < 4.78 is 0. The maximum Gasteiger partial charge on any atom is 0.226 e. The number of nitrogens with zero attached hydrogens (tertiary/aromatic N) is 3. The van der Waals surface area contributed by atoms with E-state index in [4.69, 9.17) is 11.6 Å². The van der Waals surface area contributed by atoms with Crippen LogP contribution in [0.2, 0.25) is 5.28 Å². The minimum absolute atomic E-state index is 0.235. The van der Waals surface area contributed by atoms with Crippen molar-refractivity contribution in [3.8, 4) is 0 Å². The third-order valence-electron chi connectivity index (χ3n) is 3.59. The first-order chi connectivity index (χ1) is 9.28. The lowest BCUT2D eigenvalue weighted by Crippen LogP contribution is -2.34. The minimum atomic E-state index is 0.235. The molecule has 0 saturated heterocycles. The summed E-state index contributed by atoms with van der Waals surface area (Å²) in [5, 5.41) is 4.38. The van der Waals surface area contributed by atoms with Crippen LogP contribution in [0.5, 0.6) is 0 Å². The van der Waals surface area contributed by atoms with Crippen LogP contribution < -0.4 is 5.32 Å². The van der Waals surface area contributed by atoms with E-state index in [1.807, 2.05) is 11.8 Å². The zero-order valence-electron chi connectivity index (χ0n) is 10.7. The highest BCUT2D eigenvalue weighted by Crippen LogP contribution is 2.30. The zero-order chi connectivity index (χ0) is 13.2. The van der Waals surface area contributed by atoms with E-state index in [2.05, 4.69) is 31.5 Å². The highest BCUT2D eigenvalue weighted by Gasteiger charge is 2.25. The number of anilines is 1. The Kier molecular flexibility index (Phi) is 3.79. The van der Waals surface area contributed by atoms with Crippen LogP contribution in [0.1, 0.15) is 25.7 Å². The van der Waals surface area contributed by atoms with Gasteiger partial charge in [0.2, 0.25) is 5.28 Å². The monoisotopic (exact) mass is 297 g/mol. The van der Waals surface area contributed by atoms with Crippen LogP contribution in [0.15, 0.2) is 6.33 Å². The van der Waals surface area contributed by atoms with Crippen LogP contribution in [-0.2, 0) is 0 Å². The molecule has 2 N–H and O–H groups in total. The lowest BCUT2D eigenvalue weighted by Gasteiger charge is -2.31. The fourth-order valence-electron chi connectivity index (χ4n) is 2.63. The summed E-state index contributed by atoms with van der Waals surface area (Å²) in [5.74, 6) is 0.762. The molecule has 0 amide bonds. The normalized spacial score (nSPS) is 23.7. The van der Waals surface area contributed by atoms with Gasteiger partial charge in [0.25, 0.3) is 0 Å². The van der Waals surface area contributed by atoms with Gasteiger partial charge in [-0.15, -0.1) is 0 Å². The molecule has 2 heterocycles. The van der Waals surface area contributed by atoms with Crippen molar-refractivity contribution in [2.45, 2.75) is 37.0 Å². The molecule has 2 aromatic rings. The van der Waals surface area contributed by atoms with E-state index in [1.165, 1.54) is 25.7 Å². The van der Waals surface area contributed by atoms with Gasteiger partial charge >= 0.3 is 0 Å². The van der Waals surface area contributed by atoms with Crippen molar-refractivity contribution in [2.24, 2.45) is 0 Å². The smallest absolute Gasteiger partial charge is 0.226 e. The molecule has 1 aliphatic rings. The molecule has 1 saturated carbocycles. The molecular formula is C12H16ClN5S. The summed E-state index contributed by atoms with van der Waals surface area (Å²) in [6, 6.07) is 0.432. The van der Waals surface area contributed by atoms with Crippen LogP contribution in [0.3, 0.4) is 0 Å².